The Balaban J connectivity index is 1.54. The lowest BCUT2D eigenvalue weighted by molar-refractivity contribution is 0.0304. The van der Waals surface area contributed by atoms with Crippen molar-refractivity contribution in [3.8, 4) is 0 Å². The molecule has 4 aliphatic rings. The second kappa shape index (κ2) is 12.6. The van der Waals surface area contributed by atoms with Crippen LogP contribution >= 0.6 is 0 Å². The highest BCUT2D eigenvalue weighted by atomic mass is 28.4. The largest absolute Gasteiger partial charge is 0.544 e. The topological polar surface area (TPSA) is 27.7 Å². The van der Waals surface area contributed by atoms with Gasteiger partial charge in [-0.15, -0.1) is 0 Å². The molecule has 242 valence electrons. The van der Waals surface area contributed by atoms with Gasteiger partial charge in [0.25, 0.3) is 0 Å². The number of hydrogen-bond acceptors (Lipinski definition) is 3. The van der Waals surface area contributed by atoms with Crippen LogP contribution in [-0.2, 0) is 13.3 Å². The number of hydrogen-bond donors (Lipinski definition) is 0. The molecule has 3 fully saturated rings. The summed E-state index contributed by atoms with van der Waals surface area (Å²) in [5.41, 5.74) is 4.07. The minimum atomic E-state index is -1.75. The summed E-state index contributed by atoms with van der Waals surface area (Å²) in [5.74, 6) is 4.94. The Morgan fingerprint density at radius 1 is 0.810 bits per heavy atom. The summed E-state index contributed by atoms with van der Waals surface area (Å²) < 4.78 is 20.0. The molecular formula is C36H68O3Si3. The standard InChI is InChI=1S/C36H68O3Si3/c1-26(25-37-40(5,6)7)15-14-16-27(2)30-17-18-31-34-32(20-22-36(30,31)4)35(3)21-19-29(38-41(8,9)10)23-28(35)24-33(34)39-42(11,12)13/h24,26-27,29-32H,14-23,25H2,1-13H3/t26?,27?,29-,30?,31?,32?,35?,36?/m0/s1. The molecule has 0 aromatic carbocycles. The third-order valence-electron chi connectivity index (χ3n) is 11.4. The first-order valence-electron chi connectivity index (χ1n) is 17.7. The second-order valence-corrected chi connectivity index (χ2v) is 31.9. The van der Waals surface area contributed by atoms with Crippen molar-refractivity contribution in [3.05, 3.63) is 23.0 Å². The molecule has 4 rings (SSSR count). The molecule has 0 aliphatic heterocycles. The Hall–Kier alpha value is -0.149. The number of fused-ring (bicyclic) bond motifs is 5. The van der Waals surface area contributed by atoms with Gasteiger partial charge >= 0.3 is 0 Å². The van der Waals surface area contributed by atoms with E-state index in [1.54, 1.807) is 11.1 Å². The Morgan fingerprint density at radius 3 is 2.12 bits per heavy atom. The molecule has 0 radical (unpaired) electrons. The van der Waals surface area contributed by atoms with Crippen molar-refractivity contribution in [2.75, 3.05) is 6.61 Å². The lowest BCUT2D eigenvalue weighted by Crippen LogP contribution is -2.48. The van der Waals surface area contributed by atoms with E-state index < -0.39 is 25.0 Å². The molecule has 0 aromatic heterocycles. The van der Waals surface area contributed by atoms with Crippen LogP contribution < -0.4 is 0 Å². The van der Waals surface area contributed by atoms with Crippen molar-refractivity contribution in [1.29, 1.82) is 0 Å². The highest BCUT2D eigenvalue weighted by Gasteiger charge is 2.58. The first-order valence-corrected chi connectivity index (χ1v) is 27.9. The molecule has 6 heteroatoms. The summed E-state index contributed by atoms with van der Waals surface area (Å²) in [6, 6.07) is 0. The summed E-state index contributed by atoms with van der Waals surface area (Å²) >= 11 is 0. The molecule has 3 nitrogen and oxygen atoms in total. The fourth-order valence-electron chi connectivity index (χ4n) is 9.48. The minimum absolute atomic E-state index is 0.278. The Kier molecular flexibility index (Phi) is 10.4. The lowest BCUT2D eigenvalue weighted by atomic mass is 9.49. The van der Waals surface area contributed by atoms with Crippen LogP contribution in [0.15, 0.2) is 23.0 Å². The maximum absolute atomic E-state index is 7.07. The monoisotopic (exact) mass is 632 g/mol. The van der Waals surface area contributed by atoms with Crippen LogP contribution in [0.2, 0.25) is 58.9 Å². The number of rotatable bonds is 12. The van der Waals surface area contributed by atoms with E-state index in [9.17, 15) is 0 Å². The molecular weight excluding hydrogens is 565 g/mol. The van der Waals surface area contributed by atoms with Crippen molar-refractivity contribution < 1.29 is 13.3 Å². The van der Waals surface area contributed by atoms with Gasteiger partial charge in [-0.25, -0.2) is 0 Å². The quantitative estimate of drug-likeness (QED) is 0.200. The van der Waals surface area contributed by atoms with Crippen LogP contribution in [0.25, 0.3) is 0 Å². The van der Waals surface area contributed by atoms with E-state index in [0.29, 0.717) is 29.3 Å². The molecule has 0 heterocycles. The maximum Gasteiger partial charge on any atom is 0.242 e. The zero-order valence-electron chi connectivity index (χ0n) is 30.0. The van der Waals surface area contributed by atoms with Crippen LogP contribution in [-0.4, -0.2) is 37.7 Å². The molecule has 0 bridgehead atoms. The van der Waals surface area contributed by atoms with E-state index in [1.165, 1.54) is 63.5 Å². The van der Waals surface area contributed by atoms with E-state index in [2.05, 4.69) is 92.7 Å². The Bertz CT molecular complexity index is 1020. The van der Waals surface area contributed by atoms with Crippen LogP contribution in [0.4, 0.5) is 0 Å². The van der Waals surface area contributed by atoms with Crippen molar-refractivity contribution in [2.24, 2.45) is 40.4 Å². The second-order valence-electron chi connectivity index (χ2n) is 18.5. The van der Waals surface area contributed by atoms with Crippen LogP contribution in [0.5, 0.6) is 0 Å². The Morgan fingerprint density at radius 2 is 1.50 bits per heavy atom. The molecule has 4 aliphatic carbocycles. The summed E-state index contributed by atoms with van der Waals surface area (Å²) in [4.78, 5) is 0. The lowest BCUT2D eigenvalue weighted by Gasteiger charge is -2.56. The van der Waals surface area contributed by atoms with Gasteiger partial charge in [-0.2, -0.15) is 0 Å². The van der Waals surface area contributed by atoms with Crippen molar-refractivity contribution in [3.63, 3.8) is 0 Å². The average Bonchev–Trinajstić information content (AvgIpc) is 3.18. The molecule has 0 N–H and O–H groups in total. The van der Waals surface area contributed by atoms with Crippen LogP contribution in [0.1, 0.15) is 91.9 Å². The summed E-state index contributed by atoms with van der Waals surface area (Å²) in [6.45, 7) is 32.3. The van der Waals surface area contributed by atoms with Gasteiger partial charge in [-0.3, -0.25) is 0 Å². The van der Waals surface area contributed by atoms with Gasteiger partial charge in [0.1, 0.15) is 5.76 Å². The average molecular weight is 633 g/mol. The zero-order chi connectivity index (χ0) is 31.3. The molecule has 7 unspecified atom stereocenters. The molecule has 0 spiro atoms. The fraction of sp³-hybridized carbons (Fsp3) is 0.889. The van der Waals surface area contributed by atoms with Gasteiger partial charge in [0.2, 0.25) is 8.32 Å². The SMILES string of the molecule is CC(CCCC(C)C1CCC2C3=C(O[Si](C)(C)C)C=C4C[C@@H](O[Si](C)(C)C)CCC4(C)C3CCC21C)CO[Si](C)(C)C. The Labute approximate surface area is 264 Å². The van der Waals surface area contributed by atoms with Crippen molar-refractivity contribution in [2.45, 2.75) is 157 Å². The van der Waals surface area contributed by atoms with Gasteiger partial charge in [0.15, 0.2) is 16.6 Å². The summed E-state index contributed by atoms with van der Waals surface area (Å²) in [6.07, 6.45) is 16.0. The fourth-order valence-corrected chi connectivity index (χ4v) is 12.3. The van der Waals surface area contributed by atoms with Crippen LogP contribution in [0.3, 0.4) is 0 Å². The van der Waals surface area contributed by atoms with Crippen molar-refractivity contribution >= 4 is 25.0 Å². The van der Waals surface area contributed by atoms with Crippen LogP contribution in [0, 0.1) is 40.4 Å². The predicted molar refractivity (Wildman–Crippen MR) is 188 cm³/mol. The minimum Gasteiger partial charge on any atom is -0.544 e. The van der Waals surface area contributed by atoms with E-state index in [4.69, 9.17) is 13.3 Å². The zero-order valence-corrected chi connectivity index (χ0v) is 33.0. The van der Waals surface area contributed by atoms with Crippen molar-refractivity contribution in [1.82, 2.24) is 0 Å². The normalized spacial score (nSPS) is 35.2. The molecule has 0 aromatic rings. The van der Waals surface area contributed by atoms with Gasteiger partial charge in [-0.05, 0) is 162 Å². The first kappa shape index (κ1) is 34.7. The molecule has 0 amide bonds. The third-order valence-corrected chi connectivity index (χ3v) is 14.3. The van der Waals surface area contributed by atoms with E-state index in [-0.39, 0.29) is 5.41 Å². The molecule has 3 saturated carbocycles. The van der Waals surface area contributed by atoms with Gasteiger partial charge in [0.05, 0.1) is 0 Å². The third kappa shape index (κ3) is 7.97. The van der Waals surface area contributed by atoms with Gasteiger partial charge < -0.3 is 13.3 Å². The van der Waals surface area contributed by atoms with E-state index in [1.807, 2.05) is 0 Å². The molecule has 42 heavy (non-hydrogen) atoms. The highest BCUT2D eigenvalue weighted by Crippen LogP contribution is 2.67. The smallest absolute Gasteiger partial charge is 0.242 e. The summed E-state index contributed by atoms with van der Waals surface area (Å²) in [7, 11) is -4.72. The molecule has 0 saturated heterocycles. The van der Waals surface area contributed by atoms with Gasteiger partial charge in [-0.1, -0.05) is 46.1 Å². The molecule has 8 atom stereocenters. The predicted octanol–water partition coefficient (Wildman–Crippen LogP) is 11.2. The first-order chi connectivity index (χ1) is 19.2. The number of allylic oxidation sites excluding steroid dienone is 2. The maximum atomic E-state index is 7.07. The summed E-state index contributed by atoms with van der Waals surface area (Å²) in [5, 5.41) is 0. The van der Waals surface area contributed by atoms with E-state index in [0.717, 1.165) is 24.9 Å². The highest BCUT2D eigenvalue weighted by molar-refractivity contribution is 6.70. The van der Waals surface area contributed by atoms with Gasteiger partial charge in [0, 0.05) is 12.7 Å². The van der Waals surface area contributed by atoms with E-state index >= 15 is 0 Å².